The fourth-order valence-corrected chi connectivity index (χ4v) is 4.88. The third-order valence-corrected chi connectivity index (χ3v) is 6.79. The molecule has 1 atom stereocenters. The molecule has 2 aromatic carbocycles. The highest BCUT2D eigenvalue weighted by atomic mass is 35.5. The van der Waals surface area contributed by atoms with Crippen molar-refractivity contribution < 1.29 is 14.7 Å². The van der Waals surface area contributed by atoms with Crippen LogP contribution in [-0.2, 0) is 4.79 Å². The summed E-state index contributed by atoms with van der Waals surface area (Å²) in [6.07, 6.45) is 7.39. The van der Waals surface area contributed by atoms with Gasteiger partial charge in [0.05, 0.1) is 28.1 Å². The Bertz CT molecular complexity index is 1330. The van der Waals surface area contributed by atoms with Crippen LogP contribution in [0.25, 0.3) is 0 Å². The molecular formula is C25H24Cl2N4O5. The maximum atomic E-state index is 12.6. The Kier molecular flexibility index (Phi) is 7.91. The first kappa shape index (κ1) is 25.7. The van der Waals surface area contributed by atoms with Crippen molar-refractivity contribution in [3.8, 4) is 0 Å². The zero-order valence-electron chi connectivity index (χ0n) is 19.1. The minimum Gasteiger partial charge on any atom is -0.481 e. The number of halogens is 2. The van der Waals surface area contributed by atoms with Crippen LogP contribution in [0.3, 0.4) is 0 Å². The molecule has 9 nitrogen and oxygen atoms in total. The molecule has 188 valence electrons. The van der Waals surface area contributed by atoms with E-state index in [1.807, 2.05) is 0 Å². The summed E-state index contributed by atoms with van der Waals surface area (Å²) in [5.74, 6) is -1.60. The number of nitrogens with one attached hydrogen (secondary N) is 3. The first-order valence-electron chi connectivity index (χ1n) is 11.5. The first-order chi connectivity index (χ1) is 17.2. The number of rotatable bonds is 9. The molecule has 1 fully saturated rings. The van der Waals surface area contributed by atoms with E-state index in [0.717, 1.165) is 32.1 Å². The molecule has 0 bridgehead atoms. The number of carbonyl (C=O) groups excluding carboxylic acids is 1. The zero-order chi connectivity index (χ0) is 25.8. The largest absolute Gasteiger partial charge is 0.481 e. The van der Waals surface area contributed by atoms with Gasteiger partial charge in [-0.3, -0.25) is 24.2 Å². The zero-order valence-corrected chi connectivity index (χ0v) is 20.7. The second kappa shape index (κ2) is 11.1. The minimum absolute atomic E-state index is 0.0842. The van der Waals surface area contributed by atoms with Crippen molar-refractivity contribution in [2.75, 3.05) is 16.0 Å². The van der Waals surface area contributed by atoms with Crippen molar-refractivity contribution in [2.45, 2.75) is 50.6 Å². The van der Waals surface area contributed by atoms with E-state index in [0.29, 0.717) is 11.3 Å². The lowest BCUT2D eigenvalue weighted by molar-refractivity contribution is -0.137. The van der Waals surface area contributed by atoms with E-state index in [9.17, 15) is 24.3 Å². The average Bonchev–Trinajstić information content (AvgIpc) is 2.86. The highest BCUT2D eigenvalue weighted by Gasteiger charge is 2.27. The number of pyridine rings is 1. The van der Waals surface area contributed by atoms with E-state index in [1.165, 1.54) is 12.4 Å². The lowest BCUT2D eigenvalue weighted by atomic mass is 9.94. The first-order valence-corrected chi connectivity index (χ1v) is 12.3. The van der Waals surface area contributed by atoms with Crippen molar-refractivity contribution in [3.63, 3.8) is 0 Å². The molecule has 36 heavy (non-hydrogen) atoms. The number of carboxylic acid groups (broad SMARTS) is 1. The molecule has 0 aliphatic heterocycles. The number of benzene rings is 1. The normalized spacial score (nSPS) is 14.8. The Morgan fingerprint density at radius 1 is 0.972 bits per heavy atom. The smallest absolute Gasteiger partial charge is 0.305 e. The van der Waals surface area contributed by atoms with Gasteiger partial charge in [-0.2, -0.15) is 0 Å². The topological polar surface area (TPSA) is 137 Å². The van der Waals surface area contributed by atoms with Crippen LogP contribution in [0.2, 0.25) is 10.0 Å². The van der Waals surface area contributed by atoms with Gasteiger partial charge in [-0.25, -0.2) is 0 Å². The number of anilines is 3. The summed E-state index contributed by atoms with van der Waals surface area (Å²) in [7, 11) is 0. The molecule has 4 N–H and O–H groups in total. The van der Waals surface area contributed by atoms with E-state index in [-0.39, 0.29) is 39.4 Å². The van der Waals surface area contributed by atoms with Crippen LogP contribution in [0.1, 0.15) is 60.5 Å². The fourth-order valence-electron chi connectivity index (χ4n) is 4.34. The van der Waals surface area contributed by atoms with Gasteiger partial charge in [0, 0.05) is 24.1 Å². The molecule has 0 spiro atoms. The van der Waals surface area contributed by atoms with Gasteiger partial charge in [-0.1, -0.05) is 54.6 Å². The van der Waals surface area contributed by atoms with Crippen LogP contribution >= 0.6 is 23.2 Å². The van der Waals surface area contributed by atoms with Gasteiger partial charge < -0.3 is 21.1 Å². The predicted octanol–water partition coefficient (Wildman–Crippen LogP) is 4.61. The molecule has 11 heteroatoms. The Labute approximate surface area is 216 Å². The molecule has 3 aromatic rings. The van der Waals surface area contributed by atoms with Crippen LogP contribution in [0.5, 0.6) is 0 Å². The highest BCUT2D eigenvalue weighted by molar-refractivity contribution is 6.40. The summed E-state index contributed by atoms with van der Waals surface area (Å²) in [5, 5.41) is 18.5. The van der Waals surface area contributed by atoms with Gasteiger partial charge in [-0.15, -0.1) is 0 Å². The third kappa shape index (κ3) is 5.68. The van der Waals surface area contributed by atoms with Crippen molar-refractivity contribution >= 4 is 52.1 Å². The second-order valence-electron chi connectivity index (χ2n) is 8.74. The summed E-state index contributed by atoms with van der Waals surface area (Å²) in [6, 6.07) is 5.79. The molecule has 0 radical (unpaired) electrons. The van der Waals surface area contributed by atoms with Gasteiger partial charge in [0.15, 0.2) is 0 Å². The molecule has 1 aliphatic carbocycles. The number of carboxylic acids is 1. The number of nitrogens with zero attached hydrogens (tertiary/aromatic N) is 1. The van der Waals surface area contributed by atoms with E-state index in [2.05, 4.69) is 20.9 Å². The quantitative estimate of drug-likeness (QED) is 0.294. The Morgan fingerprint density at radius 2 is 1.58 bits per heavy atom. The predicted molar refractivity (Wildman–Crippen MR) is 139 cm³/mol. The van der Waals surface area contributed by atoms with Crippen LogP contribution in [0, 0.1) is 0 Å². The van der Waals surface area contributed by atoms with Gasteiger partial charge in [0.1, 0.15) is 11.4 Å². The Balaban J connectivity index is 1.50. The molecular weight excluding hydrogens is 507 g/mol. The highest BCUT2D eigenvalue weighted by Crippen LogP contribution is 2.29. The SMILES string of the molecule is O=C(O)CC(Nc1c(NC2CCCCC2)c(=O)c1=O)c1ccc(NC(=O)c2c(Cl)cncc2Cl)cc1. The van der Waals surface area contributed by atoms with Crippen LogP contribution in [-0.4, -0.2) is 28.0 Å². The summed E-state index contributed by atoms with van der Waals surface area (Å²) in [6.45, 7) is 0. The van der Waals surface area contributed by atoms with Crippen LogP contribution < -0.4 is 26.8 Å². The molecule has 4 rings (SSSR count). The minimum atomic E-state index is -1.08. The summed E-state index contributed by atoms with van der Waals surface area (Å²) in [4.78, 5) is 52.5. The summed E-state index contributed by atoms with van der Waals surface area (Å²) in [5.41, 5.74) is 0.138. The monoisotopic (exact) mass is 530 g/mol. The summed E-state index contributed by atoms with van der Waals surface area (Å²) >= 11 is 12.1. The van der Waals surface area contributed by atoms with Gasteiger partial charge in [-0.05, 0) is 30.5 Å². The van der Waals surface area contributed by atoms with Crippen molar-refractivity contribution in [3.05, 3.63) is 78.3 Å². The van der Waals surface area contributed by atoms with E-state index >= 15 is 0 Å². The molecule has 1 heterocycles. The standard InChI is InChI=1S/C25H24Cl2N4O5/c26-16-11-28-12-17(27)20(16)25(36)30-15-8-6-13(7-9-15)18(10-19(32)33)31-22-21(23(34)24(22)35)29-14-4-2-1-3-5-14/h6-9,11-12,14,18,29,31H,1-5,10H2,(H,30,36)(H,32,33). The number of aliphatic carboxylic acids is 1. The van der Waals surface area contributed by atoms with Gasteiger partial charge in [0.2, 0.25) is 0 Å². The summed E-state index contributed by atoms with van der Waals surface area (Å²) < 4.78 is 0. The number of carbonyl (C=O) groups is 2. The molecule has 1 aromatic heterocycles. The van der Waals surface area contributed by atoms with Crippen LogP contribution in [0.15, 0.2) is 46.2 Å². The van der Waals surface area contributed by atoms with Crippen molar-refractivity contribution in [1.29, 1.82) is 0 Å². The lowest BCUT2D eigenvalue weighted by Crippen LogP contribution is -2.40. The molecule has 1 saturated carbocycles. The third-order valence-electron chi connectivity index (χ3n) is 6.21. The van der Waals surface area contributed by atoms with E-state index in [4.69, 9.17) is 23.2 Å². The number of amides is 1. The molecule has 1 aliphatic rings. The number of hydrogen-bond donors (Lipinski definition) is 4. The number of aromatic nitrogens is 1. The Morgan fingerprint density at radius 3 is 2.19 bits per heavy atom. The fraction of sp³-hybridized carbons (Fsp3) is 0.320. The van der Waals surface area contributed by atoms with Gasteiger partial charge in [0.25, 0.3) is 16.8 Å². The maximum Gasteiger partial charge on any atom is 0.305 e. The Hall–Kier alpha value is -3.43. The van der Waals surface area contributed by atoms with Crippen molar-refractivity contribution in [1.82, 2.24) is 4.98 Å². The lowest BCUT2D eigenvalue weighted by Gasteiger charge is -2.27. The number of hydrogen-bond acceptors (Lipinski definition) is 7. The van der Waals surface area contributed by atoms with E-state index in [1.54, 1.807) is 24.3 Å². The van der Waals surface area contributed by atoms with Gasteiger partial charge >= 0.3 is 5.97 Å². The second-order valence-corrected chi connectivity index (χ2v) is 9.55. The molecule has 0 saturated heterocycles. The van der Waals surface area contributed by atoms with Crippen molar-refractivity contribution in [2.24, 2.45) is 0 Å². The molecule has 1 amide bonds. The maximum absolute atomic E-state index is 12.6. The molecule has 1 unspecified atom stereocenters. The average molecular weight is 531 g/mol. The van der Waals surface area contributed by atoms with Crippen LogP contribution in [0.4, 0.5) is 17.1 Å². The van der Waals surface area contributed by atoms with E-state index < -0.39 is 28.8 Å².